The van der Waals surface area contributed by atoms with Crippen LogP contribution in [-0.4, -0.2) is 49.6 Å². The molecule has 0 spiro atoms. The number of allylic oxidation sites excluding steroid dienone is 1. The molecule has 1 saturated heterocycles. The second-order valence-corrected chi connectivity index (χ2v) is 6.64. The van der Waals surface area contributed by atoms with Crippen LogP contribution in [0.1, 0.15) is 33.6 Å². The summed E-state index contributed by atoms with van der Waals surface area (Å²) in [5.41, 5.74) is 0.825. The number of likely N-dealkylation sites (tertiary alicyclic amines) is 1. The minimum Gasteiger partial charge on any atom is -0.465 e. The topological polar surface area (TPSA) is 72.9 Å². The van der Waals surface area contributed by atoms with Crippen LogP contribution in [0.15, 0.2) is 9.15 Å². The third-order valence-corrected chi connectivity index (χ3v) is 4.89. The number of likely N-dealkylation sites (N-methyl/N-ethyl adjacent to an activating group) is 1. The van der Waals surface area contributed by atoms with Gasteiger partial charge in [-0.1, -0.05) is 13.3 Å². The molecule has 1 unspecified atom stereocenters. The van der Waals surface area contributed by atoms with Crippen molar-refractivity contribution in [3.05, 3.63) is 9.15 Å². The van der Waals surface area contributed by atoms with Crippen molar-refractivity contribution >= 4 is 40.4 Å². The van der Waals surface area contributed by atoms with Crippen molar-refractivity contribution in [2.75, 3.05) is 26.8 Å². The Morgan fingerprint density at radius 3 is 2.17 bits per heavy atom. The summed E-state index contributed by atoms with van der Waals surface area (Å²) >= 11 is 2.20. The molecule has 1 aliphatic heterocycles. The SMILES string of the molecule is CCC/C(I)=C1/CN(C)C(=O)C1C(C(=O)OCC)C(=O)OCC. The van der Waals surface area contributed by atoms with E-state index in [4.69, 9.17) is 9.47 Å². The van der Waals surface area contributed by atoms with Gasteiger partial charge < -0.3 is 14.4 Å². The molecule has 0 aromatic rings. The van der Waals surface area contributed by atoms with Gasteiger partial charge in [-0.05, 0) is 52.0 Å². The van der Waals surface area contributed by atoms with Gasteiger partial charge in [0, 0.05) is 13.6 Å². The van der Waals surface area contributed by atoms with E-state index in [2.05, 4.69) is 22.6 Å². The van der Waals surface area contributed by atoms with Crippen molar-refractivity contribution in [3.8, 4) is 0 Å². The van der Waals surface area contributed by atoms with Crippen molar-refractivity contribution in [1.82, 2.24) is 4.90 Å². The quantitative estimate of drug-likeness (QED) is 0.347. The molecule has 1 fully saturated rings. The number of ether oxygens (including phenoxy) is 2. The molecule has 0 aromatic carbocycles. The molecule has 1 amide bonds. The number of halogens is 1. The van der Waals surface area contributed by atoms with E-state index in [1.165, 1.54) is 0 Å². The zero-order valence-electron chi connectivity index (χ0n) is 14.1. The summed E-state index contributed by atoms with van der Waals surface area (Å²) in [7, 11) is 1.67. The van der Waals surface area contributed by atoms with Crippen LogP contribution in [0.2, 0.25) is 0 Å². The van der Waals surface area contributed by atoms with Gasteiger partial charge in [0.15, 0.2) is 5.92 Å². The first-order chi connectivity index (χ1) is 10.9. The fourth-order valence-corrected chi connectivity index (χ4v) is 3.67. The average Bonchev–Trinajstić information content (AvgIpc) is 2.77. The molecule has 0 aliphatic carbocycles. The van der Waals surface area contributed by atoms with Crippen LogP contribution in [0.25, 0.3) is 0 Å². The highest BCUT2D eigenvalue weighted by Crippen LogP contribution is 2.36. The summed E-state index contributed by atoms with van der Waals surface area (Å²) in [4.78, 5) is 38.7. The molecule has 1 aliphatic rings. The van der Waals surface area contributed by atoms with Gasteiger partial charge in [-0.2, -0.15) is 0 Å². The lowest BCUT2D eigenvalue weighted by atomic mass is 9.86. The Hall–Kier alpha value is -1.12. The number of nitrogens with zero attached hydrogens (tertiary/aromatic N) is 1. The summed E-state index contributed by atoms with van der Waals surface area (Å²) in [6.07, 6.45) is 1.74. The molecular weight excluding hydrogens is 413 g/mol. The Bertz CT molecular complexity index is 485. The number of hydrogen-bond acceptors (Lipinski definition) is 5. The smallest absolute Gasteiger partial charge is 0.321 e. The lowest BCUT2D eigenvalue weighted by molar-refractivity contribution is -0.165. The first kappa shape index (κ1) is 19.9. The summed E-state index contributed by atoms with van der Waals surface area (Å²) in [5.74, 6) is -3.69. The van der Waals surface area contributed by atoms with Crippen molar-refractivity contribution in [2.24, 2.45) is 11.8 Å². The van der Waals surface area contributed by atoms with Crippen molar-refractivity contribution in [2.45, 2.75) is 33.6 Å². The molecule has 0 saturated carbocycles. The molecular formula is C16H24INO5. The van der Waals surface area contributed by atoms with Crippen LogP contribution < -0.4 is 0 Å². The summed E-state index contributed by atoms with van der Waals surface area (Å²) in [5, 5.41) is 0. The standard InChI is InChI=1S/C16H24INO5/c1-5-8-11(17)10-9-18(4)14(19)12(10)13(15(20)22-6-2)16(21)23-7-3/h12-13H,5-9H2,1-4H3/b11-10+. The highest BCUT2D eigenvalue weighted by molar-refractivity contribution is 14.1. The van der Waals surface area contributed by atoms with Crippen LogP contribution in [0.5, 0.6) is 0 Å². The summed E-state index contributed by atoms with van der Waals surface area (Å²) < 4.78 is 11.1. The lowest BCUT2D eigenvalue weighted by Crippen LogP contribution is -2.39. The van der Waals surface area contributed by atoms with Gasteiger partial charge in [-0.15, -0.1) is 0 Å². The van der Waals surface area contributed by atoms with E-state index >= 15 is 0 Å². The van der Waals surface area contributed by atoms with Gasteiger partial charge in [0.25, 0.3) is 0 Å². The van der Waals surface area contributed by atoms with Gasteiger partial charge in [-0.3, -0.25) is 14.4 Å². The van der Waals surface area contributed by atoms with Crippen molar-refractivity contribution in [3.63, 3.8) is 0 Å². The van der Waals surface area contributed by atoms with Crippen LogP contribution in [0.3, 0.4) is 0 Å². The molecule has 0 N–H and O–H groups in total. The zero-order valence-corrected chi connectivity index (χ0v) is 16.2. The molecule has 1 heterocycles. The predicted molar refractivity (Wildman–Crippen MR) is 93.8 cm³/mol. The van der Waals surface area contributed by atoms with Crippen LogP contribution in [0.4, 0.5) is 0 Å². The van der Waals surface area contributed by atoms with Crippen LogP contribution in [0, 0.1) is 11.8 Å². The van der Waals surface area contributed by atoms with E-state index in [9.17, 15) is 14.4 Å². The first-order valence-corrected chi connectivity index (χ1v) is 8.92. The van der Waals surface area contributed by atoms with E-state index in [0.717, 1.165) is 22.0 Å². The highest BCUT2D eigenvalue weighted by Gasteiger charge is 2.48. The second kappa shape index (κ2) is 9.24. The van der Waals surface area contributed by atoms with Gasteiger partial charge in [0.05, 0.1) is 19.1 Å². The average molecular weight is 437 g/mol. The van der Waals surface area contributed by atoms with Crippen molar-refractivity contribution in [1.29, 1.82) is 0 Å². The fraction of sp³-hybridized carbons (Fsp3) is 0.688. The van der Waals surface area contributed by atoms with E-state index in [1.807, 2.05) is 6.92 Å². The van der Waals surface area contributed by atoms with Gasteiger partial charge in [-0.25, -0.2) is 0 Å². The molecule has 0 radical (unpaired) electrons. The molecule has 0 aromatic heterocycles. The third kappa shape index (κ3) is 4.68. The Kier molecular flexibility index (Phi) is 8.01. The highest BCUT2D eigenvalue weighted by atomic mass is 127. The van der Waals surface area contributed by atoms with E-state index in [0.29, 0.717) is 6.54 Å². The Balaban J connectivity index is 3.28. The maximum Gasteiger partial charge on any atom is 0.321 e. The molecule has 23 heavy (non-hydrogen) atoms. The predicted octanol–water partition coefficient (Wildman–Crippen LogP) is 2.31. The summed E-state index contributed by atoms with van der Waals surface area (Å²) in [6.45, 7) is 6.10. The Morgan fingerprint density at radius 1 is 1.22 bits per heavy atom. The molecule has 0 bridgehead atoms. The van der Waals surface area contributed by atoms with Crippen LogP contribution >= 0.6 is 22.6 Å². The number of carbonyl (C=O) groups is 3. The number of rotatable bonds is 7. The molecule has 1 atom stereocenters. The monoisotopic (exact) mass is 437 g/mol. The second-order valence-electron chi connectivity index (χ2n) is 5.33. The molecule has 1 rings (SSSR count). The first-order valence-electron chi connectivity index (χ1n) is 7.84. The fourth-order valence-electron chi connectivity index (χ4n) is 2.63. The lowest BCUT2D eigenvalue weighted by Gasteiger charge is -2.20. The van der Waals surface area contributed by atoms with Crippen molar-refractivity contribution < 1.29 is 23.9 Å². The molecule has 6 nitrogen and oxygen atoms in total. The number of hydrogen-bond donors (Lipinski definition) is 0. The zero-order chi connectivity index (χ0) is 17.6. The maximum atomic E-state index is 12.6. The minimum atomic E-state index is -1.23. The van der Waals surface area contributed by atoms with Gasteiger partial charge >= 0.3 is 11.9 Å². The third-order valence-electron chi connectivity index (χ3n) is 3.66. The number of carbonyl (C=O) groups excluding carboxylic acids is 3. The van der Waals surface area contributed by atoms with Gasteiger partial charge in [0.1, 0.15) is 0 Å². The normalized spacial score (nSPS) is 20.0. The summed E-state index contributed by atoms with van der Waals surface area (Å²) in [6, 6.07) is 0. The Morgan fingerprint density at radius 2 is 1.74 bits per heavy atom. The maximum absolute atomic E-state index is 12.6. The molecule has 7 heteroatoms. The molecule has 130 valence electrons. The van der Waals surface area contributed by atoms with Gasteiger partial charge in [0.2, 0.25) is 5.91 Å². The van der Waals surface area contributed by atoms with E-state index < -0.39 is 23.8 Å². The number of amides is 1. The number of esters is 2. The van der Waals surface area contributed by atoms with E-state index in [1.54, 1.807) is 25.8 Å². The van der Waals surface area contributed by atoms with E-state index in [-0.39, 0.29) is 19.1 Å². The minimum absolute atomic E-state index is 0.149. The Labute approximate surface area is 150 Å². The largest absolute Gasteiger partial charge is 0.465 e. The van der Waals surface area contributed by atoms with Crippen LogP contribution in [-0.2, 0) is 23.9 Å².